The number of carbonyl (C=O) groups is 1. The van der Waals surface area contributed by atoms with Gasteiger partial charge < -0.3 is 23.5 Å². The molecule has 1 aliphatic heterocycles. The molecule has 2 aromatic carbocycles. The minimum atomic E-state index is -0.0180. The van der Waals surface area contributed by atoms with Gasteiger partial charge in [-0.2, -0.15) is 0 Å². The zero-order chi connectivity index (χ0) is 23.5. The number of fused-ring (bicyclic) bond motifs is 1. The van der Waals surface area contributed by atoms with E-state index in [1.165, 1.54) is 0 Å². The predicted octanol–water partition coefficient (Wildman–Crippen LogP) is 5.55. The molecule has 0 N–H and O–H groups in total. The van der Waals surface area contributed by atoms with E-state index in [1.54, 1.807) is 19.4 Å². The zero-order valence-corrected chi connectivity index (χ0v) is 19.9. The Hall–Kier alpha value is -3.25. The van der Waals surface area contributed by atoms with Gasteiger partial charge in [0.05, 0.1) is 32.2 Å². The van der Waals surface area contributed by atoms with Crippen LogP contribution in [0, 0.1) is 0 Å². The van der Waals surface area contributed by atoms with Gasteiger partial charge in [0.25, 0.3) is 0 Å². The predicted molar refractivity (Wildman–Crippen MR) is 130 cm³/mol. The number of hydrogen-bond donors (Lipinski definition) is 0. The lowest BCUT2D eigenvalue weighted by molar-refractivity contribution is -0.137. The van der Waals surface area contributed by atoms with Crippen LogP contribution in [0.5, 0.6) is 11.5 Å². The first kappa shape index (κ1) is 22.9. The van der Waals surface area contributed by atoms with Crippen LogP contribution in [0.1, 0.15) is 33.3 Å². The van der Waals surface area contributed by atoms with E-state index in [9.17, 15) is 4.79 Å². The third-order valence-corrected chi connectivity index (χ3v) is 5.87. The maximum Gasteiger partial charge on any atom is 0.247 e. The molecule has 0 spiro atoms. The molecule has 0 saturated carbocycles. The molecule has 0 bridgehead atoms. The molecule has 6 nitrogen and oxygen atoms in total. The van der Waals surface area contributed by atoms with Gasteiger partial charge in [-0.25, -0.2) is 0 Å². The molecular weight excluding hydrogens is 418 g/mol. The molecule has 33 heavy (non-hydrogen) atoms. The summed E-state index contributed by atoms with van der Waals surface area (Å²) >= 11 is 0. The lowest BCUT2D eigenvalue weighted by Crippen LogP contribution is -2.47. The number of amides is 1. The smallest absolute Gasteiger partial charge is 0.247 e. The number of nitrogens with zero attached hydrogens (tertiary/aromatic N) is 1. The molecule has 2 heterocycles. The lowest BCUT2D eigenvalue weighted by atomic mass is 9.99. The summed E-state index contributed by atoms with van der Waals surface area (Å²) in [5.41, 5.74) is 4.44. The molecule has 0 aliphatic carbocycles. The summed E-state index contributed by atoms with van der Waals surface area (Å²) in [7, 11) is 1.63. The van der Waals surface area contributed by atoms with E-state index in [0.717, 1.165) is 39.0 Å². The number of allylic oxidation sites excluding steroid dienone is 1. The third-order valence-electron chi connectivity index (χ3n) is 5.87. The SMILES string of the molecule is CCOc1ccc(-c2coc3cc(OC)c(/C(C)=C/C(=O)N4CC(C)OC(C)C4)cc23)cc1. The maximum atomic E-state index is 13.0. The molecule has 1 aromatic heterocycles. The van der Waals surface area contributed by atoms with Gasteiger partial charge in [0, 0.05) is 41.7 Å². The fourth-order valence-corrected chi connectivity index (χ4v) is 4.37. The number of carbonyl (C=O) groups excluding carboxylic acids is 1. The van der Waals surface area contributed by atoms with Crippen LogP contribution in [0.15, 0.2) is 53.2 Å². The van der Waals surface area contributed by atoms with Gasteiger partial charge in [0.2, 0.25) is 5.91 Å². The van der Waals surface area contributed by atoms with Crippen LogP contribution in [0.4, 0.5) is 0 Å². The van der Waals surface area contributed by atoms with Crippen LogP contribution < -0.4 is 9.47 Å². The van der Waals surface area contributed by atoms with Crippen molar-refractivity contribution >= 4 is 22.4 Å². The standard InChI is InChI=1S/C27H31NO5/c1-6-31-21-9-7-20(8-10-21)24-16-32-26-13-25(30-5)22(12-23(24)26)17(2)11-27(29)28-14-18(3)33-19(4)15-28/h7-13,16,18-19H,6,14-15H2,1-5H3/b17-11+. The van der Waals surface area contributed by atoms with Crippen molar-refractivity contribution in [2.45, 2.75) is 39.9 Å². The zero-order valence-electron chi connectivity index (χ0n) is 19.9. The second-order valence-corrected chi connectivity index (χ2v) is 8.48. The van der Waals surface area contributed by atoms with Gasteiger partial charge in [-0.05, 0) is 57.0 Å². The number of morpholine rings is 1. The molecule has 174 valence electrons. The summed E-state index contributed by atoms with van der Waals surface area (Å²) in [5, 5.41) is 0.962. The maximum absolute atomic E-state index is 13.0. The molecular formula is C27H31NO5. The highest BCUT2D eigenvalue weighted by Crippen LogP contribution is 2.37. The van der Waals surface area contributed by atoms with Crippen LogP contribution in [-0.2, 0) is 9.53 Å². The lowest BCUT2D eigenvalue weighted by Gasteiger charge is -2.34. The first-order valence-electron chi connectivity index (χ1n) is 11.3. The van der Waals surface area contributed by atoms with E-state index in [2.05, 4.69) is 0 Å². The monoisotopic (exact) mass is 449 g/mol. The summed E-state index contributed by atoms with van der Waals surface area (Å²) in [6.45, 7) is 9.69. The quantitative estimate of drug-likeness (QED) is 0.462. The summed E-state index contributed by atoms with van der Waals surface area (Å²) in [5.74, 6) is 1.48. The van der Waals surface area contributed by atoms with Gasteiger partial charge in [-0.15, -0.1) is 0 Å². The summed E-state index contributed by atoms with van der Waals surface area (Å²) in [6, 6.07) is 11.9. The number of hydrogen-bond acceptors (Lipinski definition) is 5. The second kappa shape index (κ2) is 9.71. The summed E-state index contributed by atoms with van der Waals surface area (Å²) in [4.78, 5) is 14.8. The van der Waals surface area contributed by atoms with Gasteiger partial charge >= 0.3 is 0 Å². The Bertz CT molecular complexity index is 1150. The van der Waals surface area contributed by atoms with E-state index in [0.29, 0.717) is 25.4 Å². The van der Waals surface area contributed by atoms with E-state index in [4.69, 9.17) is 18.6 Å². The van der Waals surface area contributed by atoms with Gasteiger partial charge in [-0.1, -0.05) is 12.1 Å². The topological polar surface area (TPSA) is 61.1 Å². The van der Waals surface area contributed by atoms with Crippen LogP contribution in [0.3, 0.4) is 0 Å². The highest BCUT2D eigenvalue weighted by atomic mass is 16.5. The Labute approximate surface area is 194 Å². The molecule has 6 heteroatoms. The Morgan fingerprint density at radius 1 is 1.15 bits per heavy atom. The van der Waals surface area contributed by atoms with Crippen LogP contribution in [-0.4, -0.2) is 49.8 Å². The van der Waals surface area contributed by atoms with Crippen LogP contribution in [0.2, 0.25) is 0 Å². The Kier molecular flexibility index (Phi) is 6.75. The fraction of sp³-hybridized carbons (Fsp3) is 0.370. The molecule has 1 saturated heterocycles. The van der Waals surface area contributed by atoms with E-state index >= 15 is 0 Å². The normalized spacial score (nSPS) is 19.1. The molecule has 2 atom stereocenters. The minimum absolute atomic E-state index is 0.0180. The highest BCUT2D eigenvalue weighted by molar-refractivity contribution is 6.00. The Morgan fingerprint density at radius 2 is 1.85 bits per heavy atom. The van der Waals surface area contributed by atoms with Crippen LogP contribution >= 0.6 is 0 Å². The number of methoxy groups -OCH3 is 1. The van der Waals surface area contributed by atoms with Crippen molar-refractivity contribution in [3.8, 4) is 22.6 Å². The van der Waals surface area contributed by atoms with Crippen molar-refractivity contribution in [1.82, 2.24) is 4.90 Å². The molecule has 1 aliphatic rings. The third kappa shape index (κ3) is 4.91. The Morgan fingerprint density at radius 3 is 2.48 bits per heavy atom. The molecule has 4 rings (SSSR count). The molecule has 2 unspecified atom stereocenters. The van der Waals surface area contributed by atoms with Crippen molar-refractivity contribution in [3.05, 3.63) is 54.3 Å². The molecule has 1 amide bonds. The van der Waals surface area contributed by atoms with E-state index < -0.39 is 0 Å². The molecule has 1 fully saturated rings. The first-order valence-corrected chi connectivity index (χ1v) is 11.3. The molecule has 3 aromatic rings. The average Bonchev–Trinajstić information content (AvgIpc) is 3.21. The van der Waals surface area contributed by atoms with Gasteiger partial charge in [0.15, 0.2) is 0 Å². The van der Waals surface area contributed by atoms with Gasteiger partial charge in [0.1, 0.15) is 17.1 Å². The average molecular weight is 450 g/mol. The first-order chi connectivity index (χ1) is 15.9. The second-order valence-electron chi connectivity index (χ2n) is 8.48. The largest absolute Gasteiger partial charge is 0.496 e. The number of rotatable bonds is 6. The van der Waals surface area contributed by atoms with Gasteiger partial charge in [-0.3, -0.25) is 4.79 Å². The summed E-state index contributed by atoms with van der Waals surface area (Å²) in [6.07, 6.45) is 3.50. The van der Waals surface area contributed by atoms with Crippen molar-refractivity contribution in [2.24, 2.45) is 0 Å². The molecule has 0 radical (unpaired) electrons. The van der Waals surface area contributed by atoms with Crippen molar-refractivity contribution < 1.29 is 23.4 Å². The van der Waals surface area contributed by atoms with Crippen molar-refractivity contribution in [2.75, 3.05) is 26.8 Å². The summed E-state index contributed by atoms with van der Waals surface area (Å²) < 4.78 is 22.8. The number of furan rings is 1. The van der Waals surface area contributed by atoms with E-state index in [-0.39, 0.29) is 18.1 Å². The van der Waals surface area contributed by atoms with E-state index in [1.807, 2.05) is 69.0 Å². The van der Waals surface area contributed by atoms with Crippen LogP contribution in [0.25, 0.3) is 27.7 Å². The highest BCUT2D eigenvalue weighted by Gasteiger charge is 2.25. The number of benzene rings is 2. The van der Waals surface area contributed by atoms with Crippen molar-refractivity contribution in [3.63, 3.8) is 0 Å². The van der Waals surface area contributed by atoms with Crippen molar-refractivity contribution in [1.29, 1.82) is 0 Å². The minimum Gasteiger partial charge on any atom is -0.496 e. The number of ether oxygens (including phenoxy) is 3. The fourth-order valence-electron chi connectivity index (χ4n) is 4.37. The Balaban J connectivity index is 1.68.